The van der Waals surface area contributed by atoms with Crippen LogP contribution in [0.1, 0.15) is 40.5 Å². The molecule has 1 saturated carbocycles. The van der Waals surface area contributed by atoms with Crippen LogP contribution in [0.3, 0.4) is 0 Å². The molecule has 120 valence electrons. The molecule has 2 aromatic carbocycles. The third kappa shape index (κ3) is 2.74. The molecule has 4 rings (SSSR count). The van der Waals surface area contributed by atoms with Crippen molar-refractivity contribution in [2.75, 3.05) is 0 Å². The molecule has 6 nitrogen and oxygen atoms in total. The Morgan fingerprint density at radius 2 is 2.12 bits per heavy atom. The Morgan fingerprint density at radius 1 is 1.29 bits per heavy atom. The molecule has 0 bridgehead atoms. The van der Waals surface area contributed by atoms with E-state index in [1.165, 1.54) is 6.21 Å². The van der Waals surface area contributed by atoms with Gasteiger partial charge in [0.05, 0.1) is 11.9 Å². The maximum Gasteiger partial charge on any atom is 0.289 e. The molecule has 1 aliphatic rings. The van der Waals surface area contributed by atoms with Crippen molar-refractivity contribution in [2.24, 2.45) is 5.10 Å². The second-order valence-corrected chi connectivity index (χ2v) is 5.90. The van der Waals surface area contributed by atoms with E-state index >= 15 is 0 Å². The van der Waals surface area contributed by atoms with E-state index in [0.717, 1.165) is 29.3 Å². The topological polar surface area (TPSA) is 90.4 Å². The van der Waals surface area contributed by atoms with E-state index in [1.54, 1.807) is 12.1 Å². The fourth-order valence-corrected chi connectivity index (χ4v) is 2.68. The molecule has 1 aromatic heterocycles. The number of aromatic nitrogens is 2. The van der Waals surface area contributed by atoms with Gasteiger partial charge in [-0.1, -0.05) is 30.3 Å². The van der Waals surface area contributed by atoms with Crippen molar-refractivity contribution < 1.29 is 9.90 Å². The van der Waals surface area contributed by atoms with E-state index < -0.39 is 0 Å². The first-order valence-electron chi connectivity index (χ1n) is 7.82. The number of aromatic hydroxyl groups is 1. The van der Waals surface area contributed by atoms with Gasteiger partial charge in [-0.3, -0.25) is 9.89 Å². The van der Waals surface area contributed by atoms with Crippen molar-refractivity contribution in [1.29, 1.82) is 0 Å². The molecule has 0 unspecified atom stereocenters. The molecular weight excluding hydrogens is 304 g/mol. The molecule has 1 aliphatic carbocycles. The fraction of sp³-hybridized carbons (Fsp3) is 0.167. The zero-order valence-corrected chi connectivity index (χ0v) is 12.9. The second-order valence-electron chi connectivity index (χ2n) is 5.90. The van der Waals surface area contributed by atoms with Crippen LogP contribution in [-0.2, 0) is 0 Å². The van der Waals surface area contributed by atoms with Crippen molar-refractivity contribution in [3.63, 3.8) is 0 Å². The zero-order chi connectivity index (χ0) is 16.5. The van der Waals surface area contributed by atoms with Gasteiger partial charge in [0.2, 0.25) is 0 Å². The van der Waals surface area contributed by atoms with Gasteiger partial charge in [0, 0.05) is 11.5 Å². The number of benzene rings is 2. The van der Waals surface area contributed by atoms with Gasteiger partial charge in [-0.25, -0.2) is 5.43 Å². The van der Waals surface area contributed by atoms with Crippen molar-refractivity contribution in [3.05, 3.63) is 59.4 Å². The summed E-state index contributed by atoms with van der Waals surface area (Å²) >= 11 is 0. The number of nitrogens with one attached hydrogen (secondary N) is 2. The highest BCUT2D eigenvalue weighted by molar-refractivity contribution is 6.03. The van der Waals surface area contributed by atoms with Crippen LogP contribution < -0.4 is 5.43 Å². The smallest absolute Gasteiger partial charge is 0.289 e. The molecule has 1 heterocycles. The Hall–Kier alpha value is -3.15. The van der Waals surface area contributed by atoms with Gasteiger partial charge in [-0.2, -0.15) is 10.2 Å². The molecule has 0 spiro atoms. The maximum absolute atomic E-state index is 12.1. The van der Waals surface area contributed by atoms with Crippen molar-refractivity contribution >= 4 is 22.9 Å². The van der Waals surface area contributed by atoms with E-state index in [9.17, 15) is 9.90 Å². The number of nitrogens with zero attached hydrogens (tertiary/aromatic N) is 2. The number of phenols is 1. The van der Waals surface area contributed by atoms with Gasteiger partial charge in [0.25, 0.3) is 5.91 Å². The lowest BCUT2D eigenvalue weighted by Gasteiger charge is -2.04. The van der Waals surface area contributed by atoms with Crippen molar-refractivity contribution in [1.82, 2.24) is 15.6 Å². The number of hydrogen-bond donors (Lipinski definition) is 3. The van der Waals surface area contributed by atoms with Gasteiger partial charge in [0.1, 0.15) is 11.4 Å². The highest BCUT2D eigenvalue weighted by Gasteiger charge is 2.26. The normalized spacial score (nSPS) is 14.3. The summed E-state index contributed by atoms with van der Waals surface area (Å²) in [5.74, 6) is 0.244. The number of amides is 1. The van der Waals surface area contributed by atoms with Gasteiger partial charge < -0.3 is 5.11 Å². The molecule has 3 N–H and O–H groups in total. The van der Waals surface area contributed by atoms with Crippen molar-refractivity contribution in [3.8, 4) is 5.75 Å². The minimum Gasteiger partial charge on any atom is -0.507 e. The van der Waals surface area contributed by atoms with Gasteiger partial charge in [-0.05, 0) is 35.7 Å². The fourth-order valence-electron chi connectivity index (χ4n) is 2.68. The third-order valence-corrected chi connectivity index (χ3v) is 4.15. The minimum atomic E-state index is -0.356. The number of aromatic amines is 1. The predicted molar refractivity (Wildman–Crippen MR) is 91.2 cm³/mol. The molecule has 1 amide bonds. The number of rotatable bonds is 4. The summed E-state index contributed by atoms with van der Waals surface area (Å²) in [6.07, 6.45) is 3.71. The molecule has 1 fully saturated rings. The third-order valence-electron chi connectivity index (χ3n) is 4.15. The Morgan fingerprint density at radius 3 is 2.96 bits per heavy atom. The molecule has 0 aliphatic heterocycles. The molecule has 0 radical (unpaired) electrons. The summed E-state index contributed by atoms with van der Waals surface area (Å²) in [4.78, 5) is 12.1. The molecule has 0 atom stereocenters. The second kappa shape index (κ2) is 5.81. The SMILES string of the molecule is O=C(N/N=C\c1c(O)ccc2ccccc12)c1cc(C2CC2)n[nH]1. The molecular formula is C18H16N4O2. The highest BCUT2D eigenvalue weighted by atomic mass is 16.3. The Kier molecular flexibility index (Phi) is 3.49. The summed E-state index contributed by atoms with van der Waals surface area (Å²) in [6.45, 7) is 0. The summed E-state index contributed by atoms with van der Waals surface area (Å²) in [7, 11) is 0. The largest absolute Gasteiger partial charge is 0.507 e. The summed E-state index contributed by atoms with van der Waals surface area (Å²) in [5, 5.41) is 22.7. The molecule has 0 saturated heterocycles. The van der Waals surface area contributed by atoms with Gasteiger partial charge in [0.15, 0.2) is 0 Å². The lowest BCUT2D eigenvalue weighted by atomic mass is 10.0. The monoisotopic (exact) mass is 320 g/mol. The van der Waals surface area contributed by atoms with E-state index in [-0.39, 0.29) is 11.7 Å². The first kappa shape index (κ1) is 14.4. The number of fused-ring (bicyclic) bond motifs is 1. The summed E-state index contributed by atoms with van der Waals surface area (Å²) in [5.41, 5.74) is 4.34. The lowest BCUT2D eigenvalue weighted by molar-refractivity contribution is 0.0950. The van der Waals surface area contributed by atoms with Crippen molar-refractivity contribution in [2.45, 2.75) is 18.8 Å². The number of carbonyl (C=O) groups is 1. The number of H-pyrrole nitrogens is 1. The standard InChI is InChI=1S/C18H16N4O2/c23-17-8-7-11-3-1-2-4-13(11)14(17)10-19-22-18(24)16-9-15(20-21-16)12-5-6-12/h1-4,7-10,12,23H,5-6H2,(H,20,21)(H,22,24)/b19-10-. The van der Waals surface area contributed by atoms with E-state index in [1.807, 2.05) is 30.3 Å². The maximum atomic E-state index is 12.1. The quantitative estimate of drug-likeness (QED) is 0.510. The van der Waals surface area contributed by atoms with Crippen LogP contribution in [0.4, 0.5) is 0 Å². The predicted octanol–water partition coefficient (Wildman–Crippen LogP) is 2.91. The zero-order valence-electron chi connectivity index (χ0n) is 12.9. The average Bonchev–Trinajstić information content (AvgIpc) is 3.33. The van der Waals surface area contributed by atoms with Crippen LogP contribution in [0.2, 0.25) is 0 Å². The van der Waals surface area contributed by atoms with Crippen LogP contribution in [0, 0.1) is 0 Å². The van der Waals surface area contributed by atoms with E-state index in [0.29, 0.717) is 17.2 Å². The van der Waals surface area contributed by atoms with Gasteiger partial charge >= 0.3 is 0 Å². The first-order valence-corrected chi connectivity index (χ1v) is 7.82. The Balaban J connectivity index is 1.52. The number of phenolic OH excluding ortho intramolecular Hbond substituents is 1. The summed E-state index contributed by atoms with van der Waals surface area (Å²) < 4.78 is 0. The molecule has 24 heavy (non-hydrogen) atoms. The average molecular weight is 320 g/mol. The van der Waals surface area contributed by atoms with E-state index in [2.05, 4.69) is 20.7 Å². The van der Waals surface area contributed by atoms with Crippen LogP contribution in [0.25, 0.3) is 10.8 Å². The first-order chi connectivity index (χ1) is 11.7. The molecule has 6 heteroatoms. The van der Waals surface area contributed by atoms with Crippen LogP contribution in [0.5, 0.6) is 5.75 Å². The Bertz CT molecular complexity index is 941. The number of carbonyl (C=O) groups excluding carboxylic acids is 1. The molecule has 3 aromatic rings. The van der Waals surface area contributed by atoms with Crippen LogP contribution in [0.15, 0.2) is 47.6 Å². The Labute approximate surface area is 138 Å². The highest BCUT2D eigenvalue weighted by Crippen LogP contribution is 2.38. The van der Waals surface area contributed by atoms with Crippen LogP contribution in [-0.4, -0.2) is 27.4 Å². The number of hydrazone groups is 1. The van der Waals surface area contributed by atoms with Gasteiger partial charge in [-0.15, -0.1) is 0 Å². The summed E-state index contributed by atoms with van der Waals surface area (Å²) in [6, 6.07) is 12.9. The lowest BCUT2D eigenvalue weighted by Crippen LogP contribution is -2.18. The van der Waals surface area contributed by atoms with E-state index in [4.69, 9.17) is 0 Å². The van der Waals surface area contributed by atoms with Crippen LogP contribution >= 0.6 is 0 Å². The number of hydrogen-bond acceptors (Lipinski definition) is 4. The minimum absolute atomic E-state index is 0.115.